The number of carbonyl (C=O) groups is 1. The minimum absolute atomic E-state index is 0.140. The number of piperidine rings is 1. The molecular formula is C20H18F2N6O. The molecule has 3 heterocycles. The first-order valence-corrected chi connectivity index (χ1v) is 9.34. The van der Waals surface area contributed by atoms with E-state index in [1.54, 1.807) is 12.4 Å². The van der Waals surface area contributed by atoms with Gasteiger partial charge in [0.1, 0.15) is 23.5 Å². The van der Waals surface area contributed by atoms with Gasteiger partial charge < -0.3 is 4.90 Å². The maximum atomic E-state index is 13.6. The number of hydrogen-bond donors (Lipinski definition) is 0. The Labute approximate surface area is 166 Å². The zero-order chi connectivity index (χ0) is 20.4. The topological polar surface area (TPSA) is 85.5 Å². The second-order valence-corrected chi connectivity index (χ2v) is 7.07. The number of amides is 1. The monoisotopic (exact) mass is 396 g/mol. The van der Waals surface area contributed by atoms with Crippen molar-refractivity contribution in [1.82, 2.24) is 15.0 Å². The Morgan fingerprint density at radius 1 is 1.10 bits per heavy atom. The lowest BCUT2D eigenvalue weighted by molar-refractivity contribution is -0.138. The lowest BCUT2D eigenvalue weighted by atomic mass is 9.94. The average molecular weight is 396 g/mol. The van der Waals surface area contributed by atoms with Crippen molar-refractivity contribution in [3.05, 3.63) is 53.5 Å². The second kappa shape index (κ2) is 7.91. The van der Waals surface area contributed by atoms with Crippen molar-refractivity contribution >= 4 is 17.9 Å². The molecule has 4 rings (SSSR count). The maximum Gasteiger partial charge on any atom is 0.246 e. The van der Waals surface area contributed by atoms with Crippen molar-refractivity contribution in [1.29, 1.82) is 5.26 Å². The molecule has 148 valence electrons. The van der Waals surface area contributed by atoms with Crippen LogP contribution in [-0.2, 0) is 4.79 Å². The molecule has 9 heteroatoms. The molecule has 2 aliphatic rings. The molecule has 7 nitrogen and oxygen atoms in total. The summed E-state index contributed by atoms with van der Waals surface area (Å²) in [6.45, 7) is 1.24. The number of benzene rings is 1. The van der Waals surface area contributed by atoms with Crippen LogP contribution in [0.15, 0.2) is 35.7 Å². The molecule has 1 aromatic heterocycles. The van der Waals surface area contributed by atoms with Crippen molar-refractivity contribution in [3.8, 4) is 6.07 Å². The highest BCUT2D eigenvalue weighted by Gasteiger charge is 2.35. The Bertz CT molecular complexity index is 959. The van der Waals surface area contributed by atoms with Crippen LogP contribution in [0.1, 0.15) is 36.6 Å². The van der Waals surface area contributed by atoms with Gasteiger partial charge in [0, 0.05) is 37.7 Å². The van der Waals surface area contributed by atoms with Crippen LogP contribution in [0.4, 0.5) is 14.6 Å². The van der Waals surface area contributed by atoms with E-state index in [1.807, 2.05) is 11.0 Å². The largest absolute Gasteiger partial charge is 0.355 e. The number of halogens is 2. The molecule has 1 amide bonds. The van der Waals surface area contributed by atoms with Gasteiger partial charge in [-0.2, -0.15) is 10.4 Å². The summed E-state index contributed by atoms with van der Waals surface area (Å²) in [5.74, 6) is -1.04. The summed E-state index contributed by atoms with van der Waals surface area (Å²) < 4.78 is 27.2. The van der Waals surface area contributed by atoms with Crippen molar-refractivity contribution in [2.24, 2.45) is 11.0 Å². The van der Waals surface area contributed by atoms with E-state index in [0.717, 1.165) is 6.07 Å². The van der Waals surface area contributed by atoms with Gasteiger partial charge in [-0.15, -0.1) is 0 Å². The number of aromatic nitrogens is 2. The first kappa shape index (κ1) is 18.9. The molecule has 29 heavy (non-hydrogen) atoms. The van der Waals surface area contributed by atoms with Gasteiger partial charge in [0.25, 0.3) is 0 Å². The zero-order valence-electron chi connectivity index (χ0n) is 15.5. The Kier molecular flexibility index (Phi) is 5.16. The van der Waals surface area contributed by atoms with E-state index in [1.165, 1.54) is 23.3 Å². The number of anilines is 1. The van der Waals surface area contributed by atoms with Crippen LogP contribution in [-0.4, -0.2) is 40.2 Å². The molecule has 0 aliphatic carbocycles. The van der Waals surface area contributed by atoms with Gasteiger partial charge in [-0.3, -0.25) is 4.79 Å². The van der Waals surface area contributed by atoms with E-state index in [-0.39, 0.29) is 17.5 Å². The van der Waals surface area contributed by atoms with Crippen LogP contribution in [0.3, 0.4) is 0 Å². The highest BCUT2D eigenvalue weighted by molar-refractivity contribution is 5.82. The van der Waals surface area contributed by atoms with Crippen molar-refractivity contribution in [2.45, 2.75) is 25.3 Å². The third-order valence-corrected chi connectivity index (χ3v) is 5.25. The molecule has 0 saturated carbocycles. The van der Waals surface area contributed by atoms with Gasteiger partial charge in [0.05, 0.1) is 18.4 Å². The third kappa shape index (κ3) is 3.92. The van der Waals surface area contributed by atoms with Crippen molar-refractivity contribution in [2.75, 3.05) is 18.0 Å². The van der Waals surface area contributed by atoms with E-state index in [9.17, 15) is 13.6 Å². The van der Waals surface area contributed by atoms with Crippen LogP contribution < -0.4 is 4.90 Å². The number of nitrogens with zero attached hydrogens (tertiary/aromatic N) is 6. The Hall–Kier alpha value is -3.41. The molecule has 0 N–H and O–H groups in total. The van der Waals surface area contributed by atoms with Crippen LogP contribution in [0.2, 0.25) is 0 Å². The van der Waals surface area contributed by atoms with E-state index >= 15 is 0 Å². The lowest BCUT2D eigenvalue weighted by Crippen LogP contribution is -2.41. The number of hydrogen-bond acceptors (Lipinski definition) is 6. The smallest absolute Gasteiger partial charge is 0.246 e. The molecule has 2 aromatic rings. The summed E-state index contributed by atoms with van der Waals surface area (Å²) in [7, 11) is 0. The minimum Gasteiger partial charge on any atom is -0.355 e. The first-order chi connectivity index (χ1) is 14.0. The average Bonchev–Trinajstić information content (AvgIpc) is 3.23. The molecule has 1 unspecified atom stereocenters. The Morgan fingerprint density at radius 3 is 2.45 bits per heavy atom. The highest BCUT2D eigenvalue weighted by atomic mass is 19.1. The molecule has 1 fully saturated rings. The molecule has 1 atom stereocenters. The van der Waals surface area contributed by atoms with Crippen molar-refractivity contribution in [3.63, 3.8) is 0 Å². The van der Waals surface area contributed by atoms with Crippen molar-refractivity contribution < 1.29 is 13.6 Å². The minimum atomic E-state index is -0.670. The van der Waals surface area contributed by atoms with E-state index in [0.29, 0.717) is 43.7 Å². The zero-order valence-corrected chi connectivity index (χ0v) is 15.5. The van der Waals surface area contributed by atoms with Gasteiger partial charge in [0.15, 0.2) is 5.69 Å². The quantitative estimate of drug-likeness (QED) is 0.796. The summed E-state index contributed by atoms with van der Waals surface area (Å²) >= 11 is 0. The molecular weight excluding hydrogens is 378 g/mol. The molecule has 0 spiro atoms. The number of hydrazone groups is 1. The maximum absolute atomic E-state index is 13.6. The summed E-state index contributed by atoms with van der Waals surface area (Å²) in [6.07, 6.45) is 6.23. The number of rotatable bonds is 3. The fourth-order valence-electron chi connectivity index (χ4n) is 3.76. The summed E-state index contributed by atoms with van der Waals surface area (Å²) in [5.41, 5.74) is 0.657. The van der Waals surface area contributed by atoms with Gasteiger partial charge in [-0.25, -0.2) is 23.8 Å². The van der Waals surface area contributed by atoms with Gasteiger partial charge in [-0.1, -0.05) is 0 Å². The number of nitriles is 1. The van der Waals surface area contributed by atoms with Gasteiger partial charge >= 0.3 is 0 Å². The third-order valence-electron chi connectivity index (χ3n) is 5.25. The summed E-state index contributed by atoms with van der Waals surface area (Å²) in [4.78, 5) is 23.3. The van der Waals surface area contributed by atoms with Gasteiger partial charge in [0.2, 0.25) is 5.91 Å². The fraction of sp³-hybridized carbons (Fsp3) is 0.350. The molecule has 2 aliphatic heterocycles. The predicted molar refractivity (Wildman–Crippen MR) is 101 cm³/mol. The van der Waals surface area contributed by atoms with Crippen LogP contribution >= 0.6 is 0 Å². The lowest BCUT2D eigenvalue weighted by Gasteiger charge is -2.34. The fourth-order valence-corrected chi connectivity index (χ4v) is 3.76. The SMILES string of the molecule is N#Cc1cnc(N2CCC(C(=O)N3N=CCC3c3cc(F)cc(F)c3)CC2)cn1. The van der Waals surface area contributed by atoms with Crippen LogP contribution in [0, 0.1) is 28.9 Å². The normalized spacial score (nSPS) is 19.4. The summed E-state index contributed by atoms with van der Waals surface area (Å²) in [5, 5.41) is 14.3. The van der Waals surface area contributed by atoms with E-state index in [4.69, 9.17) is 5.26 Å². The summed E-state index contributed by atoms with van der Waals surface area (Å²) in [6, 6.07) is 4.74. The molecule has 1 saturated heterocycles. The van der Waals surface area contributed by atoms with Crippen LogP contribution in [0.5, 0.6) is 0 Å². The number of carbonyl (C=O) groups excluding carboxylic acids is 1. The second-order valence-electron chi connectivity index (χ2n) is 7.07. The molecule has 1 aromatic carbocycles. The van der Waals surface area contributed by atoms with E-state index in [2.05, 4.69) is 15.1 Å². The van der Waals surface area contributed by atoms with Gasteiger partial charge in [-0.05, 0) is 30.5 Å². The standard InChI is InChI=1S/C20H18F2N6O/c21-15-7-14(8-16(22)9-15)18-1-4-26-28(18)20(29)13-2-5-27(6-3-13)19-12-24-17(10-23)11-25-19/h4,7-9,11-13,18H,1-3,5-6H2. The van der Waals surface area contributed by atoms with E-state index < -0.39 is 17.7 Å². The first-order valence-electron chi connectivity index (χ1n) is 9.34. The highest BCUT2D eigenvalue weighted by Crippen LogP contribution is 2.33. The molecule has 0 bridgehead atoms. The molecule has 0 radical (unpaired) electrons. The Morgan fingerprint density at radius 2 is 1.83 bits per heavy atom. The van der Waals surface area contributed by atoms with Crippen LogP contribution in [0.25, 0.3) is 0 Å². The Balaban J connectivity index is 1.42. The predicted octanol–water partition coefficient (Wildman–Crippen LogP) is 2.80.